The van der Waals surface area contributed by atoms with Gasteiger partial charge in [-0.25, -0.2) is 4.79 Å². The van der Waals surface area contributed by atoms with Crippen molar-refractivity contribution < 1.29 is 9.90 Å². The largest absolute Gasteiger partial charge is 0.478 e. The molecule has 0 aliphatic heterocycles. The first-order valence-electron chi connectivity index (χ1n) is 7.33. The van der Waals surface area contributed by atoms with E-state index in [0.29, 0.717) is 5.56 Å². The fraction of sp³-hybridized carbons (Fsp3) is 0. The molecule has 3 heteroatoms. The first kappa shape index (κ1) is 13.5. The van der Waals surface area contributed by atoms with Crippen molar-refractivity contribution in [2.45, 2.75) is 0 Å². The van der Waals surface area contributed by atoms with Crippen LogP contribution in [0.2, 0.25) is 0 Å². The van der Waals surface area contributed by atoms with E-state index < -0.39 is 5.97 Å². The molecule has 3 aromatic carbocycles. The Kier molecular flexibility index (Phi) is 3.05. The molecule has 23 heavy (non-hydrogen) atoms. The molecular formula is C20H13NO2. The van der Waals surface area contributed by atoms with Crippen LogP contribution in [0, 0.1) is 0 Å². The predicted molar refractivity (Wildman–Crippen MR) is 91.6 cm³/mol. The number of aromatic nitrogens is 1. The second kappa shape index (κ2) is 5.21. The fourth-order valence-electron chi connectivity index (χ4n) is 3.01. The van der Waals surface area contributed by atoms with Gasteiger partial charge in [-0.15, -0.1) is 0 Å². The molecule has 0 radical (unpaired) electrons. The summed E-state index contributed by atoms with van der Waals surface area (Å²) in [4.78, 5) is 15.5. The van der Waals surface area contributed by atoms with Gasteiger partial charge in [0.05, 0.1) is 5.56 Å². The van der Waals surface area contributed by atoms with Gasteiger partial charge >= 0.3 is 5.97 Å². The summed E-state index contributed by atoms with van der Waals surface area (Å²) in [6.07, 6.45) is 3.64. The monoisotopic (exact) mass is 299 g/mol. The molecule has 0 unspecified atom stereocenters. The van der Waals surface area contributed by atoms with Gasteiger partial charge in [-0.05, 0) is 45.5 Å². The zero-order valence-electron chi connectivity index (χ0n) is 12.2. The van der Waals surface area contributed by atoms with Crippen LogP contribution in [0.3, 0.4) is 0 Å². The van der Waals surface area contributed by atoms with E-state index in [1.165, 1.54) is 0 Å². The lowest BCUT2D eigenvalue weighted by molar-refractivity contribution is 0.0699. The predicted octanol–water partition coefficient (Wildman–Crippen LogP) is 4.75. The Bertz CT molecular complexity index is 1050. The number of carbonyl (C=O) groups is 1. The zero-order valence-corrected chi connectivity index (χ0v) is 12.2. The smallest absolute Gasteiger partial charge is 0.336 e. The molecule has 4 rings (SSSR count). The number of carboxylic acids is 1. The van der Waals surface area contributed by atoms with E-state index in [9.17, 15) is 9.90 Å². The van der Waals surface area contributed by atoms with Gasteiger partial charge in [-0.2, -0.15) is 0 Å². The van der Waals surface area contributed by atoms with Crippen LogP contribution in [-0.2, 0) is 0 Å². The second-order valence-corrected chi connectivity index (χ2v) is 5.45. The fourth-order valence-corrected chi connectivity index (χ4v) is 3.01. The van der Waals surface area contributed by atoms with Gasteiger partial charge in [-0.3, -0.25) is 4.98 Å². The minimum atomic E-state index is -0.903. The van der Waals surface area contributed by atoms with Crippen molar-refractivity contribution in [3.8, 4) is 11.1 Å². The van der Waals surface area contributed by atoms with Crippen LogP contribution in [0.25, 0.3) is 32.7 Å². The normalized spacial score (nSPS) is 11.0. The van der Waals surface area contributed by atoms with Gasteiger partial charge in [0, 0.05) is 17.8 Å². The minimum Gasteiger partial charge on any atom is -0.478 e. The summed E-state index contributed by atoms with van der Waals surface area (Å²) in [7, 11) is 0. The molecular weight excluding hydrogens is 286 g/mol. The third-order valence-electron chi connectivity index (χ3n) is 4.10. The van der Waals surface area contributed by atoms with Crippen LogP contribution in [0.1, 0.15) is 10.4 Å². The van der Waals surface area contributed by atoms with Crippen LogP contribution >= 0.6 is 0 Å². The molecule has 1 heterocycles. The molecule has 0 fully saturated rings. The van der Waals surface area contributed by atoms with Gasteiger partial charge < -0.3 is 5.11 Å². The molecule has 1 aromatic heterocycles. The number of hydrogen-bond acceptors (Lipinski definition) is 2. The van der Waals surface area contributed by atoms with Gasteiger partial charge in [0.15, 0.2) is 0 Å². The highest BCUT2D eigenvalue weighted by Crippen LogP contribution is 2.31. The van der Waals surface area contributed by atoms with Crippen molar-refractivity contribution in [3.63, 3.8) is 0 Å². The van der Waals surface area contributed by atoms with E-state index >= 15 is 0 Å². The van der Waals surface area contributed by atoms with E-state index in [1.807, 2.05) is 48.7 Å². The molecule has 0 aliphatic carbocycles. The number of fused-ring (bicyclic) bond motifs is 2. The molecule has 0 saturated heterocycles. The number of aromatic carboxylic acids is 1. The van der Waals surface area contributed by atoms with E-state index in [0.717, 1.165) is 32.7 Å². The highest BCUT2D eigenvalue weighted by molar-refractivity contribution is 6.05. The molecule has 0 saturated carbocycles. The van der Waals surface area contributed by atoms with E-state index in [1.54, 1.807) is 18.3 Å². The molecule has 110 valence electrons. The number of rotatable bonds is 2. The summed E-state index contributed by atoms with van der Waals surface area (Å²) in [6.45, 7) is 0. The average Bonchev–Trinajstić information content (AvgIpc) is 2.60. The van der Waals surface area contributed by atoms with Crippen molar-refractivity contribution in [2.24, 2.45) is 0 Å². The maximum atomic E-state index is 11.3. The first-order chi connectivity index (χ1) is 11.2. The zero-order chi connectivity index (χ0) is 15.8. The molecule has 4 aromatic rings. The maximum Gasteiger partial charge on any atom is 0.336 e. The van der Waals surface area contributed by atoms with Crippen molar-refractivity contribution in [2.75, 3.05) is 0 Å². The summed E-state index contributed by atoms with van der Waals surface area (Å²) in [5.74, 6) is -0.903. The summed E-state index contributed by atoms with van der Waals surface area (Å²) in [6, 6.07) is 19.4. The molecule has 0 amide bonds. The summed E-state index contributed by atoms with van der Waals surface area (Å²) < 4.78 is 0. The summed E-state index contributed by atoms with van der Waals surface area (Å²) >= 11 is 0. The molecule has 0 bridgehead atoms. The summed E-state index contributed by atoms with van der Waals surface area (Å²) in [5, 5.41) is 13.2. The number of hydrogen-bond donors (Lipinski definition) is 1. The Balaban J connectivity index is 1.97. The van der Waals surface area contributed by atoms with Crippen molar-refractivity contribution >= 4 is 27.5 Å². The average molecular weight is 299 g/mol. The Hall–Kier alpha value is -3.20. The third kappa shape index (κ3) is 2.23. The van der Waals surface area contributed by atoms with Gasteiger partial charge in [0.25, 0.3) is 0 Å². The van der Waals surface area contributed by atoms with Crippen molar-refractivity contribution in [1.82, 2.24) is 4.98 Å². The van der Waals surface area contributed by atoms with Crippen LogP contribution in [0.5, 0.6) is 0 Å². The molecule has 3 nitrogen and oxygen atoms in total. The Morgan fingerprint density at radius 1 is 0.870 bits per heavy atom. The lowest BCUT2D eigenvalue weighted by atomic mass is 9.96. The Labute approximate surface area is 132 Å². The van der Waals surface area contributed by atoms with Gasteiger partial charge in [0.1, 0.15) is 0 Å². The van der Waals surface area contributed by atoms with Gasteiger partial charge in [0.2, 0.25) is 0 Å². The van der Waals surface area contributed by atoms with Crippen LogP contribution in [0.15, 0.2) is 73.1 Å². The third-order valence-corrected chi connectivity index (χ3v) is 4.10. The summed E-state index contributed by atoms with van der Waals surface area (Å²) in [5.41, 5.74) is 2.51. The second-order valence-electron chi connectivity index (χ2n) is 5.45. The Morgan fingerprint density at radius 2 is 1.70 bits per heavy atom. The number of nitrogens with zero attached hydrogens (tertiary/aromatic N) is 1. The molecule has 1 N–H and O–H groups in total. The van der Waals surface area contributed by atoms with Crippen LogP contribution in [0.4, 0.5) is 0 Å². The standard InChI is InChI=1S/C20H13NO2/c22-20(23)19-6-1-3-13-11-14(7-8-17(13)19)16-5-2-4-15-12-21-10-9-18(15)16/h1-12H,(H,22,23). The quantitative estimate of drug-likeness (QED) is 0.581. The number of benzene rings is 3. The van der Waals surface area contributed by atoms with Crippen LogP contribution in [-0.4, -0.2) is 16.1 Å². The number of pyridine rings is 1. The van der Waals surface area contributed by atoms with E-state index in [-0.39, 0.29) is 0 Å². The topological polar surface area (TPSA) is 50.2 Å². The Morgan fingerprint density at radius 3 is 2.57 bits per heavy atom. The lowest BCUT2D eigenvalue weighted by Crippen LogP contribution is -1.97. The first-order valence-corrected chi connectivity index (χ1v) is 7.33. The highest BCUT2D eigenvalue weighted by atomic mass is 16.4. The lowest BCUT2D eigenvalue weighted by Gasteiger charge is -2.09. The van der Waals surface area contributed by atoms with E-state index in [2.05, 4.69) is 11.1 Å². The molecule has 0 spiro atoms. The molecule has 0 aliphatic rings. The van der Waals surface area contributed by atoms with Crippen molar-refractivity contribution in [1.29, 1.82) is 0 Å². The number of carboxylic acid groups (broad SMARTS) is 1. The van der Waals surface area contributed by atoms with Gasteiger partial charge in [-0.1, -0.05) is 42.5 Å². The van der Waals surface area contributed by atoms with Crippen molar-refractivity contribution in [3.05, 3.63) is 78.6 Å². The SMILES string of the molecule is O=C(O)c1cccc2cc(-c3cccc4cnccc34)ccc12. The van der Waals surface area contributed by atoms with E-state index in [4.69, 9.17) is 0 Å². The van der Waals surface area contributed by atoms with Crippen LogP contribution < -0.4 is 0 Å². The maximum absolute atomic E-state index is 11.3. The minimum absolute atomic E-state index is 0.330. The highest BCUT2D eigenvalue weighted by Gasteiger charge is 2.09. The molecule has 0 atom stereocenters.